The van der Waals surface area contributed by atoms with Gasteiger partial charge in [0.1, 0.15) is 0 Å². The fourth-order valence-electron chi connectivity index (χ4n) is 3.69. The molecule has 3 aromatic rings. The summed E-state index contributed by atoms with van der Waals surface area (Å²) < 4.78 is 0. The zero-order chi connectivity index (χ0) is 21.4. The summed E-state index contributed by atoms with van der Waals surface area (Å²) >= 11 is 6.32. The van der Waals surface area contributed by atoms with Crippen molar-refractivity contribution in [2.24, 2.45) is 9.98 Å². The largest absolute Gasteiger partial charge is 0.378 e. The monoisotopic (exact) mass is 430 g/mol. The standard InChI is InChI=1S/C24H19ClN4O2/c1-15-11-12-17(13-18(15)25)29-23(24(30)31-28-29)22-14-21(16-7-3-2-4-8-16)26-19-9-5-6-10-20(19)27-22/h2-13,21,28H,14H2,1H3. The van der Waals surface area contributed by atoms with Crippen molar-refractivity contribution in [2.75, 3.05) is 5.01 Å². The Balaban J connectivity index is 1.70. The van der Waals surface area contributed by atoms with Gasteiger partial charge in [-0.3, -0.25) is 4.99 Å². The molecule has 1 N–H and O–H groups in total. The van der Waals surface area contributed by atoms with Gasteiger partial charge < -0.3 is 4.84 Å². The van der Waals surface area contributed by atoms with Crippen LogP contribution in [0.25, 0.3) is 0 Å². The van der Waals surface area contributed by atoms with Crippen LogP contribution in [0, 0.1) is 6.92 Å². The molecule has 31 heavy (non-hydrogen) atoms. The minimum Gasteiger partial charge on any atom is -0.345 e. The number of anilines is 1. The van der Waals surface area contributed by atoms with E-state index in [4.69, 9.17) is 26.4 Å². The van der Waals surface area contributed by atoms with Crippen LogP contribution < -0.4 is 21.3 Å². The Kier molecular flexibility index (Phi) is 5.02. The van der Waals surface area contributed by atoms with Crippen LogP contribution in [-0.2, 0) is 9.63 Å². The van der Waals surface area contributed by atoms with Crippen LogP contribution in [0.4, 0.5) is 5.69 Å². The number of halogens is 1. The second-order valence-electron chi connectivity index (χ2n) is 7.41. The molecule has 0 saturated carbocycles. The molecule has 0 aliphatic carbocycles. The second kappa shape index (κ2) is 7.98. The number of carbonyl (C=O) groups is 1. The van der Waals surface area contributed by atoms with Gasteiger partial charge in [0.25, 0.3) is 0 Å². The Labute approximate surface area is 184 Å². The maximum Gasteiger partial charge on any atom is 0.378 e. The van der Waals surface area contributed by atoms with Crippen molar-refractivity contribution in [3.63, 3.8) is 0 Å². The van der Waals surface area contributed by atoms with Gasteiger partial charge in [-0.05, 0) is 42.3 Å². The van der Waals surface area contributed by atoms with Crippen LogP contribution in [-0.4, -0.2) is 5.97 Å². The van der Waals surface area contributed by atoms with Crippen molar-refractivity contribution >= 4 is 23.3 Å². The molecule has 1 fully saturated rings. The van der Waals surface area contributed by atoms with Crippen LogP contribution in [0.2, 0.25) is 5.02 Å². The van der Waals surface area contributed by atoms with E-state index < -0.39 is 5.97 Å². The van der Waals surface area contributed by atoms with Crippen LogP contribution in [0.3, 0.4) is 0 Å². The number of aryl methyl sites for hydroxylation is 1. The second-order valence-corrected chi connectivity index (χ2v) is 7.81. The summed E-state index contributed by atoms with van der Waals surface area (Å²) in [4.78, 5) is 27.7. The number of hydrazine groups is 1. The third-order valence-electron chi connectivity index (χ3n) is 5.34. The van der Waals surface area contributed by atoms with Crippen molar-refractivity contribution in [3.05, 3.63) is 111 Å². The molecule has 0 radical (unpaired) electrons. The molecule has 6 nitrogen and oxygen atoms in total. The lowest BCUT2D eigenvalue weighted by Crippen LogP contribution is -2.29. The highest BCUT2D eigenvalue weighted by Gasteiger charge is 2.34. The Bertz CT molecular complexity index is 1320. The lowest BCUT2D eigenvalue weighted by Gasteiger charge is -2.19. The zero-order valence-corrected chi connectivity index (χ0v) is 17.5. The minimum absolute atomic E-state index is 0.187. The van der Waals surface area contributed by atoms with Gasteiger partial charge >= 0.3 is 5.97 Å². The van der Waals surface area contributed by atoms with Crippen LogP contribution >= 0.6 is 11.6 Å². The van der Waals surface area contributed by atoms with Crippen molar-refractivity contribution in [1.29, 1.82) is 0 Å². The number of carbonyl (C=O) groups excluding carboxylic acids is 1. The fraction of sp³-hybridized carbons (Fsp3) is 0.125. The van der Waals surface area contributed by atoms with Crippen LogP contribution in [0.1, 0.15) is 23.6 Å². The topological polar surface area (TPSA) is 66.3 Å². The average molecular weight is 431 g/mol. The first-order valence-electron chi connectivity index (χ1n) is 9.93. The van der Waals surface area contributed by atoms with E-state index in [0.29, 0.717) is 33.9 Å². The molecule has 3 aromatic carbocycles. The van der Waals surface area contributed by atoms with E-state index in [0.717, 1.165) is 16.5 Å². The molecule has 7 heteroatoms. The van der Waals surface area contributed by atoms with Gasteiger partial charge in [-0.25, -0.2) is 14.8 Å². The number of rotatable bonds is 2. The quantitative estimate of drug-likeness (QED) is 0.629. The summed E-state index contributed by atoms with van der Waals surface area (Å²) in [5.74, 6) is -0.498. The first-order valence-corrected chi connectivity index (χ1v) is 10.3. The number of benzene rings is 3. The van der Waals surface area contributed by atoms with E-state index in [1.807, 2.05) is 73.7 Å². The highest BCUT2D eigenvalue weighted by molar-refractivity contribution is 6.31. The Hall–Kier alpha value is -3.48. The third kappa shape index (κ3) is 3.71. The predicted molar refractivity (Wildman–Crippen MR) is 117 cm³/mol. The van der Waals surface area contributed by atoms with Gasteiger partial charge in [0.05, 0.1) is 28.1 Å². The molecule has 1 unspecified atom stereocenters. The van der Waals surface area contributed by atoms with Gasteiger partial charge in [-0.1, -0.05) is 65.7 Å². The third-order valence-corrected chi connectivity index (χ3v) is 5.74. The van der Waals surface area contributed by atoms with Gasteiger partial charge in [-0.2, -0.15) is 0 Å². The lowest BCUT2D eigenvalue weighted by atomic mass is 10.0. The molecule has 154 valence electrons. The predicted octanol–water partition coefficient (Wildman–Crippen LogP) is 3.73. The maximum atomic E-state index is 12.8. The normalized spacial score (nSPS) is 20.4. The Morgan fingerprint density at radius 3 is 2.55 bits per heavy atom. The molecule has 2 heterocycles. The van der Waals surface area contributed by atoms with Crippen LogP contribution in [0.5, 0.6) is 0 Å². The highest BCUT2D eigenvalue weighted by Crippen LogP contribution is 2.33. The molecular weight excluding hydrogens is 412 g/mol. The Morgan fingerprint density at radius 1 is 1.03 bits per heavy atom. The number of nitrogens with zero attached hydrogens (tertiary/aromatic N) is 3. The fourth-order valence-corrected chi connectivity index (χ4v) is 3.87. The maximum absolute atomic E-state index is 12.8. The van der Waals surface area contributed by atoms with Crippen LogP contribution in [0.15, 0.2) is 94.2 Å². The SMILES string of the molecule is Cc1ccc(N2NOC(=O)C2=C2CC(c3ccccc3)N=c3ccccc3=N2)cc1Cl. The van der Waals surface area contributed by atoms with Gasteiger partial charge in [0, 0.05) is 11.4 Å². The van der Waals surface area contributed by atoms with E-state index in [-0.39, 0.29) is 6.04 Å². The first kappa shape index (κ1) is 19.5. The van der Waals surface area contributed by atoms with Gasteiger partial charge in [0.2, 0.25) is 0 Å². The molecule has 1 atom stereocenters. The molecule has 0 amide bonds. The summed E-state index contributed by atoms with van der Waals surface area (Å²) in [7, 11) is 0. The van der Waals surface area contributed by atoms with Gasteiger partial charge in [-0.15, -0.1) is 0 Å². The minimum atomic E-state index is -0.498. The summed E-state index contributed by atoms with van der Waals surface area (Å²) in [5.41, 5.74) is 6.29. The molecule has 0 bridgehead atoms. The van der Waals surface area contributed by atoms with Crippen molar-refractivity contribution in [3.8, 4) is 0 Å². The van der Waals surface area contributed by atoms with E-state index in [2.05, 4.69) is 5.59 Å². The highest BCUT2D eigenvalue weighted by atomic mass is 35.5. The first-order chi connectivity index (χ1) is 15.1. The lowest BCUT2D eigenvalue weighted by molar-refractivity contribution is -0.140. The van der Waals surface area contributed by atoms with Crippen molar-refractivity contribution < 1.29 is 9.63 Å². The van der Waals surface area contributed by atoms with Crippen molar-refractivity contribution in [2.45, 2.75) is 19.4 Å². The van der Waals surface area contributed by atoms with E-state index in [1.165, 1.54) is 0 Å². The summed E-state index contributed by atoms with van der Waals surface area (Å²) in [6.45, 7) is 1.92. The molecule has 5 rings (SSSR count). The average Bonchev–Trinajstić information content (AvgIpc) is 3.06. The molecule has 0 spiro atoms. The van der Waals surface area contributed by atoms with E-state index >= 15 is 0 Å². The summed E-state index contributed by atoms with van der Waals surface area (Å²) in [6, 6.07) is 23.1. The molecule has 0 aromatic heterocycles. The van der Waals surface area contributed by atoms with Gasteiger partial charge in [0.15, 0.2) is 5.70 Å². The number of nitrogens with one attached hydrogen (secondary N) is 1. The molecule has 1 saturated heterocycles. The van der Waals surface area contributed by atoms with E-state index in [1.54, 1.807) is 11.1 Å². The van der Waals surface area contributed by atoms with Crippen molar-refractivity contribution in [1.82, 2.24) is 5.59 Å². The molecule has 2 aliphatic heterocycles. The number of para-hydroxylation sites is 2. The zero-order valence-electron chi connectivity index (χ0n) is 16.7. The smallest absolute Gasteiger partial charge is 0.345 e. The number of hydrogen-bond acceptors (Lipinski definition) is 6. The number of hydrogen-bond donors (Lipinski definition) is 1. The summed E-state index contributed by atoms with van der Waals surface area (Å²) in [5, 5.41) is 3.69. The van der Waals surface area contributed by atoms with E-state index in [9.17, 15) is 4.79 Å². The molecule has 2 aliphatic rings. The Morgan fingerprint density at radius 2 is 1.77 bits per heavy atom. The molecular formula is C24H19ClN4O2. The number of fused-ring (bicyclic) bond motifs is 1. The summed E-state index contributed by atoms with van der Waals surface area (Å²) in [6.07, 6.45) is 0.445.